The smallest absolute Gasteiger partial charge is 0.338 e. The number of nitrogens with one attached hydrogen (secondary N) is 2. The van der Waals surface area contributed by atoms with Crippen LogP contribution in [0.1, 0.15) is 30.1 Å². The molecule has 10 heteroatoms. The van der Waals surface area contributed by atoms with E-state index >= 15 is 0 Å². The molecule has 2 N–H and O–H groups in total. The predicted octanol–water partition coefficient (Wildman–Crippen LogP) is 0.569. The molecule has 1 aromatic carbocycles. The minimum atomic E-state index is -3.86. The minimum absolute atomic E-state index is 0.0531. The standard InChI is InChI=1S/C17H21N3O6S/c1-17(10-18,12-5-6-12)20-15(21)9-26-16(22)11-4-7-13(25-3)14(8-11)27(23,24)19-2/h4,7-8,12,19H,5-6,9H2,1-3H3,(H,20,21)/t17-/m0/s1. The molecule has 1 aliphatic rings. The van der Waals surface area contributed by atoms with Crippen molar-refractivity contribution in [1.82, 2.24) is 10.0 Å². The number of carbonyl (C=O) groups is 2. The van der Waals surface area contributed by atoms with Crippen LogP contribution >= 0.6 is 0 Å². The molecule has 0 spiro atoms. The number of methoxy groups -OCH3 is 1. The largest absolute Gasteiger partial charge is 0.495 e. The number of sulfonamides is 1. The second-order valence-electron chi connectivity index (χ2n) is 6.29. The number of benzene rings is 1. The topological polar surface area (TPSA) is 135 Å². The van der Waals surface area contributed by atoms with Gasteiger partial charge in [-0.1, -0.05) is 0 Å². The van der Waals surface area contributed by atoms with E-state index < -0.39 is 34.0 Å². The molecule has 0 aromatic heterocycles. The summed E-state index contributed by atoms with van der Waals surface area (Å²) in [5.41, 5.74) is -1.04. The predicted molar refractivity (Wildman–Crippen MR) is 94.4 cm³/mol. The van der Waals surface area contributed by atoms with Gasteiger partial charge >= 0.3 is 5.97 Å². The van der Waals surface area contributed by atoms with E-state index in [0.717, 1.165) is 18.9 Å². The minimum Gasteiger partial charge on any atom is -0.495 e. The molecule has 146 valence electrons. The molecular weight excluding hydrogens is 374 g/mol. The van der Waals surface area contributed by atoms with E-state index in [1.807, 2.05) is 0 Å². The Morgan fingerprint density at radius 1 is 1.37 bits per heavy atom. The van der Waals surface area contributed by atoms with Crippen LogP contribution in [0.15, 0.2) is 23.1 Å². The lowest BCUT2D eigenvalue weighted by atomic mass is 9.98. The van der Waals surface area contributed by atoms with Crippen molar-refractivity contribution < 1.29 is 27.5 Å². The zero-order valence-corrected chi connectivity index (χ0v) is 16.1. The summed E-state index contributed by atoms with van der Waals surface area (Å²) in [5.74, 6) is -1.31. The molecule has 1 amide bonds. The maximum absolute atomic E-state index is 12.2. The van der Waals surface area contributed by atoms with E-state index in [1.54, 1.807) is 6.92 Å². The fourth-order valence-corrected chi connectivity index (χ4v) is 3.46. The molecule has 0 aliphatic heterocycles. The number of nitriles is 1. The van der Waals surface area contributed by atoms with Gasteiger partial charge in [-0.3, -0.25) is 4.79 Å². The summed E-state index contributed by atoms with van der Waals surface area (Å²) in [5, 5.41) is 11.8. The highest BCUT2D eigenvalue weighted by molar-refractivity contribution is 7.89. The number of hydrogen-bond donors (Lipinski definition) is 2. The second-order valence-corrected chi connectivity index (χ2v) is 8.14. The molecule has 0 bridgehead atoms. The number of esters is 1. The van der Waals surface area contributed by atoms with E-state index in [2.05, 4.69) is 16.1 Å². The van der Waals surface area contributed by atoms with Gasteiger partial charge in [-0.05, 0) is 50.9 Å². The highest BCUT2D eigenvalue weighted by Crippen LogP contribution is 2.39. The lowest BCUT2D eigenvalue weighted by molar-refractivity contribution is -0.125. The van der Waals surface area contributed by atoms with Crippen molar-refractivity contribution in [2.24, 2.45) is 5.92 Å². The molecule has 9 nitrogen and oxygen atoms in total. The summed E-state index contributed by atoms with van der Waals surface area (Å²) in [7, 11) is -1.32. The molecule has 27 heavy (non-hydrogen) atoms. The molecule has 1 fully saturated rings. The molecule has 1 aromatic rings. The first-order chi connectivity index (χ1) is 12.7. The monoisotopic (exact) mass is 395 g/mol. The molecule has 0 unspecified atom stereocenters. The summed E-state index contributed by atoms with van der Waals surface area (Å²) >= 11 is 0. The van der Waals surface area contributed by atoms with Gasteiger partial charge in [-0.25, -0.2) is 17.9 Å². The van der Waals surface area contributed by atoms with Crippen molar-refractivity contribution in [2.75, 3.05) is 20.8 Å². The summed E-state index contributed by atoms with van der Waals surface area (Å²) in [6, 6.07) is 5.83. The van der Waals surface area contributed by atoms with Crippen LogP contribution in [0.2, 0.25) is 0 Å². The van der Waals surface area contributed by atoms with E-state index in [0.29, 0.717) is 0 Å². The maximum atomic E-state index is 12.2. The van der Waals surface area contributed by atoms with Gasteiger partial charge in [0.2, 0.25) is 10.0 Å². The summed E-state index contributed by atoms with van der Waals surface area (Å²) in [4.78, 5) is 23.9. The number of amides is 1. The molecule has 1 saturated carbocycles. The van der Waals surface area contributed by atoms with Crippen LogP contribution in [0.3, 0.4) is 0 Å². The van der Waals surface area contributed by atoms with Crippen LogP contribution in [-0.4, -0.2) is 46.6 Å². The summed E-state index contributed by atoms with van der Waals surface area (Å²) < 4.78 is 36.2. The maximum Gasteiger partial charge on any atom is 0.338 e. The Kier molecular flexibility index (Phi) is 6.08. The fraction of sp³-hybridized carbons (Fsp3) is 0.471. The highest BCUT2D eigenvalue weighted by Gasteiger charge is 2.43. The van der Waals surface area contributed by atoms with Crippen molar-refractivity contribution in [3.63, 3.8) is 0 Å². The van der Waals surface area contributed by atoms with Crippen LogP contribution in [0.5, 0.6) is 5.75 Å². The van der Waals surface area contributed by atoms with Crippen LogP contribution in [0, 0.1) is 17.2 Å². The first kappa shape index (κ1) is 20.7. The Hall–Kier alpha value is -2.64. The molecule has 0 radical (unpaired) electrons. The third-order valence-corrected chi connectivity index (χ3v) is 5.75. The van der Waals surface area contributed by atoms with E-state index in [4.69, 9.17) is 9.47 Å². The molecular formula is C17H21N3O6S. The summed E-state index contributed by atoms with van der Waals surface area (Å²) in [6.45, 7) is 1.05. The van der Waals surface area contributed by atoms with Crippen LogP contribution < -0.4 is 14.8 Å². The quantitative estimate of drug-likeness (QED) is 0.614. The fourth-order valence-electron chi connectivity index (χ4n) is 2.55. The SMILES string of the molecule is CNS(=O)(=O)c1cc(C(=O)OCC(=O)N[C@@](C)(C#N)C2CC2)ccc1OC. The number of ether oxygens (including phenoxy) is 2. The molecule has 2 rings (SSSR count). The lowest BCUT2D eigenvalue weighted by Gasteiger charge is -2.22. The first-order valence-corrected chi connectivity index (χ1v) is 9.66. The molecule has 0 saturated heterocycles. The Balaban J connectivity index is 2.07. The van der Waals surface area contributed by atoms with E-state index in [-0.39, 0.29) is 22.1 Å². The average Bonchev–Trinajstić information content (AvgIpc) is 3.51. The second kappa shape index (κ2) is 7.94. The van der Waals surface area contributed by atoms with Crippen molar-refractivity contribution in [3.8, 4) is 11.8 Å². The highest BCUT2D eigenvalue weighted by atomic mass is 32.2. The van der Waals surface area contributed by atoms with Crippen LogP contribution in [-0.2, 0) is 19.6 Å². The molecule has 0 heterocycles. The van der Waals surface area contributed by atoms with Gasteiger partial charge in [0.15, 0.2) is 6.61 Å². The van der Waals surface area contributed by atoms with E-state index in [9.17, 15) is 23.3 Å². The van der Waals surface area contributed by atoms with Gasteiger partial charge in [0.25, 0.3) is 5.91 Å². The molecule has 1 aliphatic carbocycles. The van der Waals surface area contributed by atoms with Gasteiger partial charge in [0.1, 0.15) is 16.2 Å². The average molecular weight is 395 g/mol. The molecule has 1 atom stereocenters. The Morgan fingerprint density at radius 2 is 2.04 bits per heavy atom. The number of hydrogen-bond acceptors (Lipinski definition) is 7. The van der Waals surface area contributed by atoms with Gasteiger partial charge in [-0.2, -0.15) is 5.26 Å². The number of nitrogens with zero attached hydrogens (tertiary/aromatic N) is 1. The van der Waals surface area contributed by atoms with Gasteiger partial charge in [-0.15, -0.1) is 0 Å². The normalized spacial score (nSPS) is 15.9. The van der Waals surface area contributed by atoms with Crippen molar-refractivity contribution >= 4 is 21.9 Å². The lowest BCUT2D eigenvalue weighted by Crippen LogP contribution is -2.48. The Bertz CT molecular complexity index is 888. The van der Waals surface area contributed by atoms with Gasteiger partial charge < -0.3 is 14.8 Å². The van der Waals surface area contributed by atoms with Crippen molar-refractivity contribution in [2.45, 2.75) is 30.2 Å². The number of carbonyl (C=O) groups excluding carboxylic acids is 2. The first-order valence-electron chi connectivity index (χ1n) is 8.18. The van der Waals surface area contributed by atoms with Crippen LogP contribution in [0.25, 0.3) is 0 Å². The number of rotatable bonds is 8. The van der Waals surface area contributed by atoms with Crippen molar-refractivity contribution in [1.29, 1.82) is 5.26 Å². The zero-order chi connectivity index (χ0) is 20.2. The van der Waals surface area contributed by atoms with Gasteiger partial charge in [0, 0.05) is 0 Å². The van der Waals surface area contributed by atoms with E-state index in [1.165, 1.54) is 26.3 Å². The van der Waals surface area contributed by atoms with Gasteiger partial charge in [0.05, 0.1) is 18.7 Å². The summed E-state index contributed by atoms with van der Waals surface area (Å²) in [6.07, 6.45) is 1.72. The van der Waals surface area contributed by atoms with Crippen molar-refractivity contribution in [3.05, 3.63) is 23.8 Å². The Morgan fingerprint density at radius 3 is 2.56 bits per heavy atom. The third kappa shape index (κ3) is 4.75. The Labute approximate surface area is 157 Å². The van der Waals surface area contributed by atoms with Crippen LogP contribution in [0.4, 0.5) is 0 Å². The zero-order valence-electron chi connectivity index (χ0n) is 15.2. The third-order valence-electron chi connectivity index (χ3n) is 4.32.